The zero-order chi connectivity index (χ0) is 10.4. The molecule has 2 atom stereocenters. The molecular formula is C11H23FN2. The molecule has 1 heterocycles. The molecule has 2 unspecified atom stereocenters. The quantitative estimate of drug-likeness (QED) is 0.706. The van der Waals surface area contributed by atoms with Crippen LogP contribution in [0.1, 0.15) is 32.6 Å². The number of hydrogen-bond acceptors (Lipinski definition) is 2. The van der Waals surface area contributed by atoms with E-state index >= 15 is 0 Å². The summed E-state index contributed by atoms with van der Waals surface area (Å²) in [6.45, 7) is 5.02. The van der Waals surface area contributed by atoms with Crippen LogP contribution in [0.2, 0.25) is 0 Å². The molecule has 1 aliphatic heterocycles. The fourth-order valence-corrected chi connectivity index (χ4v) is 1.91. The van der Waals surface area contributed by atoms with Crippen LogP contribution in [0, 0.1) is 0 Å². The van der Waals surface area contributed by atoms with E-state index in [1.165, 1.54) is 19.4 Å². The molecule has 0 bridgehead atoms. The van der Waals surface area contributed by atoms with E-state index in [2.05, 4.69) is 24.2 Å². The number of nitrogens with one attached hydrogen (secondary N) is 1. The SMILES string of the molecule is CCCCN(C)CCC1CC(F)CN1. The molecule has 1 rings (SSSR count). The van der Waals surface area contributed by atoms with E-state index in [0.29, 0.717) is 19.0 Å². The molecule has 2 nitrogen and oxygen atoms in total. The number of nitrogens with zero attached hydrogens (tertiary/aromatic N) is 1. The van der Waals surface area contributed by atoms with Gasteiger partial charge in [0.05, 0.1) is 0 Å². The Morgan fingerprint density at radius 3 is 2.79 bits per heavy atom. The summed E-state index contributed by atoms with van der Waals surface area (Å²) in [5.41, 5.74) is 0. The first-order chi connectivity index (χ1) is 6.72. The van der Waals surface area contributed by atoms with E-state index in [1.807, 2.05) is 0 Å². The average molecular weight is 202 g/mol. The lowest BCUT2D eigenvalue weighted by Gasteiger charge is -2.18. The molecule has 14 heavy (non-hydrogen) atoms. The molecule has 0 amide bonds. The third kappa shape index (κ3) is 4.38. The number of halogens is 1. The maximum absolute atomic E-state index is 12.8. The fraction of sp³-hybridized carbons (Fsp3) is 1.00. The summed E-state index contributed by atoms with van der Waals surface area (Å²) in [4.78, 5) is 2.34. The first-order valence-corrected chi connectivity index (χ1v) is 5.78. The van der Waals surface area contributed by atoms with Gasteiger partial charge < -0.3 is 10.2 Å². The van der Waals surface area contributed by atoms with Gasteiger partial charge in [-0.2, -0.15) is 0 Å². The van der Waals surface area contributed by atoms with Crippen LogP contribution >= 0.6 is 0 Å². The van der Waals surface area contributed by atoms with Crippen molar-refractivity contribution in [1.82, 2.24) is 10.2 Å². The van der Waals surface area contributed by atoms with Gasteiger partial charge in [-0.15, -0.1) is 0 Å². The Morgan fingerprint density at radius 2 is 2.21 bits per heavy atom. The molecule has 0 spiro atoms. The smallest absolute Gasteiger partial charge is 0.114 e. The van der Waals surface area contributed by atoms with Crippen LogP contribution in [0.3, 0.4) is 0 Å². The van der Waals surface area contributed by atoms with Crippen molar-refractivity contribution >= 4 is 0 Å². The lowest BCUT2D eigenvalue weighted by molar-refractivity contribution is 0.301. The minimum absolute atomic E-state index is 0.411. The Morgan fingerprint density at radius 1 is 1.43 bits per heavy atom. The van der Waals surface area contributed by atoms with Crippen molar-refractivity contribution in [2.75, 3.05) is 26.7 Å². The minimum atomic E-state index is -0.610. The van der Waals surface area contributed by atoms with Gasteiger partial charge in [-0.25, -0.2) is 4.39 Å². The number of unbranched alkanes of at least 4 members (excludes halogenated alkanes) is 1. The highest BCUT2D eigenvalue weighted by Gasteiger charge is 2.22. The highest BCUT2D eigenvalue weighted by molar-refractivity contribution is 4.81. The zero-order valence-electron chi connectivity index (χ0n) is 9.43. The Labute approximate surface area is 86.9 Å². The van der Waals surface area contributed by atoms with Gasteiger partial charge >= 0.3 is 0 Å². The average Bonchev–Trinajstić information content (AvgIpc) is 2.58. The van der Waals surface area contributed by atoms with Crippen LogP contribution in [0.5, 0.6) is 0 Å². The van der Waals surface area contributed by atoms with Crippen molar-refractivity contribution < 1.29 is 4.39 Å². The molecular weight excluding hydrogens is 179 g/mol. The highest BCUT2D eigenvalue weighted by Crippen LogP contribution is 2.12. The zero-order valence-corrected chi connectivity index (χ0v) is 9.43. The van der Waals surface area contributed by atoms with Crippen LogP contribution in [-0.2, 0) is 0 Å². The summed E-state index contributed by atoms with van der Waals surface area (Å²) in [7, 11) is 2.15. The molecule has 1 fully saturated rings. The standard InChI is InChI=1S/C11H23FN2/c1-3-4-6-14(2)7-5-11-8-10(12)9-13-11/h10-11,13H,3-9H2,1-2H3. The third-order valence-corrected chi connectivity index (χ3v) is 2.92. The third-order valence-electron chi connectivity index (χ3n) is 2.92. The predicted molar refractivity (Wildman–Crippen MR) is 58.3 cm³/mol. The van der Waals surface area contributed by atoms with Crippen molar-refractivity contribution in [2.45, 2.75) is 44.8 Å². The topological polar surface area (TPSA) is 15.3 Å². The second kappa shape index (κ2) is 6.36. The molecule has 0 aromatic heterocycles. The molecule has 3 heteroatoms. The van der Waals surface area contributed by atoms with Gasteiger partial charge in [-0.3, -0.25) is 0 Å². The van der Waals surface area contributed by atoms with E-state index < -0.39 is 6.17 Å². The largest absolute Gasteiger partial charge is 0.311 e. The van der Waals surface area contributed by atoms with Crippen molar-refractivity contribution in [3.05, 3.63) is 0 Å². The summed E-state index contributed by atoms with van der Waals surface area (Å²) in [6, 6.07) is 0.411. The Hall–Kier alpha value is -0.150. The molecule has 1 N–H and O–H groups in total. The van der Waals surface area contributed by atoms with Crippen LogP contribution < -0.4 is 5.32 Å². The molecule has 0 radical (unpaired) electrons. The lowest BCUT2D eigenvalue weighted by Crippen LogP contribution is -2.28. The van der Waals surface area contributed by atoms with E-state index in [0.717, 1.165) is 13.0 Å². The van der Waals surface area contributed by atoms with E-state index in [-0.39, 0.29) is 0 Å². The van der Waals surface area contributed by atoms with E-state index in [9.17, 15) is 4.39 Å². The van der Waals surface area contributed by atoms with Gasteiger partial charge in [0, 0.05) is 12.6 Å². The molecule has 0 aliphatic carbocycles. The first kappa shape index (κ1) is 11.9. The molecule has 1 saturated heterocycles. The van der Waals surface area contributed by atoms with E-state index in [4.69, 9.17) is 0 Å². The molecule has 0 aromatic rings. The van der Waals surface area contributed by atoms with Gasteiger partial charge in [0.1, 0.15) is 6.17 Å². The summed E-state index contributed by atoms with van der Waals surface area (Å²) >= 11 is 0. The van der Waals surface area contributed by atoms with Gasteiger partial charge in [-0.1, -0.05) is 13.3 Å². The monoisotopic (exact) mass is 202 g/mol. The summed E-state index contributed by atoms with van der Waals surface area (Å²) < 4.78 is 12.8. The minimum Gasteiger partial charge on any atom is -0.311 e. The van der Waals surface area contributed by atoms with Crippen LogP contribution in [0.15, 0.2) is 0 Å². The summed E-state index contributed by atoms with van der Waals surface area (Å²) in [5, 5.41) is 3.22. The maximum atomic E-state index is 12.8. The van der Waals surface area contributed by atoms with Crippen molar-refractivity contribution in [3.63, 3.8) is 0 Å². The number of hydrogen-bond donors (Lipinski definition) is 1. The van der Waals surface area contributed by atoms with Gasteiger partial charge in [0.15, 0.2) is 0 Å². The summed E-state index contributed by atoms with van der Waals surface area (Å²) in [5.74, 6) is 0. The Bertz CT molecular complexity index is 152. The predicted octanol–water partition coefficient (Wildman–Crippen LogP) is 1.81. The van der Waals surface area contributed by atoms with Crippen LogP contribution in [-0.4, -0.2) is 43.8 Å². The van der Waals surface area contributed by atoms with Crippen molar-refractivity contribution in [3.8, 4) is 0 Å². The van der Waals surface area contributed by atoms with Crippen molar-refractivity contribution in [2.24, 2.45) is 0 Å². The Kier molecular flexibility index (Phi) is 5.41. The second-order valence-electron chi connectivity index (χ2n) is 4.38. The molecule has 84 valence electrons. The maximum Gasteiger partial charge on any atom is 0.114 e. The van der Waals surface area contributed by atoms with Gasteiger partial charge in [0.2, 0.25) is 0 Å². The first-order valence-electron chi connectivity index (χ1n) is 5.78. The van der Waals surface area contributed by atoms with E-state index in [1.54, 1.807) is 0 Å². The molecule has 0 aromatic carbocycles. The van der Waals surface area contributed by atoms with Gasteiger partial charge in [-0.05, 0) is 39.4 Å². The summed E-state index contributed by atoms with van der Waals surface area (Å²) in [6.07, 6.45) is 3.70. The molecule has 0 saturated carbocycles. The van der Waals surface area contributed by atoms with Gasteiger partial charge in [0.25, 0.3) is 0 Å². The normalized spacial score (nSPS) is 27.4. The van der Waals surface area contributed by atoms with Crippen LogP contribution in [0.4, 0.5) is 4.39 Å². The van der Waals surface area contributed by atoms with Crippen molar-refractivity contribution in [1.29, 1.82) is 0 Å². The second-order valence-corrected chi connectivity index (χ2v) is 4.38. The van der Waals surface area contributed by atoms with Crippen LogP contribution in [0.25, 0.3) is 0 Å². The Balaban J connectivity index is 2.02. The number of alkyl halides is 1. The number of rotatable bonds is 6. The highest BCUT2D eigenvalue weighted by atomic mass is 19.1. The lowest BCUT2D eigenvalue weighted by atomic mass is 10.1. The fourth-order valence-electron chi connectivity index (χ4n) is 1.91. The molecule has 1 aliphatic rings.